The Kier molecular flexibility index (Phi) is 3.45. The molecule has 0 radical (unpaired) electrons. The van der Waals surface area contributed by atoms with Gasteiger partial charge in [0.25, 0.3) is 0 Å². The van der Waals surface area contributed by atoms with Crippen molar-refractivity contribution >= 4 is 17.3 Å². The highest BCUT2D eigenvalue weighted by molar-refractivity contribution is 7.09. The molecule has 0 fully saturated rings. The van der Waals surface area contributed by atoms with Gasteiger partial charge in [-0.2, -0.15) is 0 Å². The summed E-state index contributed by atoms with van der Waals surface area (Å²) in [4.78, 5) is 15.0. The summed E-state index contributed by atoms with van der Waals surface area (Å²) >= 11 is 1.47. The summed E-state index contributed by atoms with van der Waals surface area (Å²) in [5.41, 5.74) is 0.360. The van der Waals surface area contributed by atoms with Crippen molar-refractivity contribution in [2.75, 3.05) is 7.11 Å². The molecule has 2 aromatic rings. The zero-order valence-corrected chi connectivity index (χ0v) is 9.85. The van der Waals surface area contributed by atoms with E-state index in [0.29, 0.717) is 12.2 Å². The summed E-state index contributed by atoms with van der Waals surface area (Å²) < 4.78 is 6.45. The van der Waals surface area contributed by atoms with Crippen LogP contribution in [0.2, 0.25) is 0 Å². The van der Waals surface area contributed by atoms with Crippen LogP contribution in [-0.2, 0) is 17.9 Å². The first kappa shape index (κ1) is 11.7. The number of aromatic carboxylic acids is 1. The highest BCUT2D eigenvalue weighted by Crippen LogP contribution is 2.11. The van der Waals surface area contributed by atoms with E-state index < -0.39 is 5.97 Å². The SMILES string of the molecule is COCc1c(C(=O)O)nnn1Cc1nccs1. The second-order valence-electron chi connectivity index (χ2n) is 3.21. The average Bonchev–Trinajstić information content (AvgIpc) is 2.90. The van der Waals surface area contributed by atoms with Gasteiger partial charge in [-0.1, -0.05) is 5.21 Å². The fourth-order valence-electron chi connectivity index (χ4n) is 1.36. The van der Waals surface area contributed by atoms with Crippen LogP contribution in [0.15, 0.2) is 11.6 Å². The van der Waals surface area contributed by atoms with E-state index in [1.165, 1.54) is 23.1 Å². The van der Waals surface area contributed by atoms with Crippen LogP contribution in [0.25, 0.3) is 0 Å². The zero-order chi connectivity index (χ0) is 12.3. The Hall–Kier alpha value is -1.80. The van der Waals surface area contributed by atoms with Crippen LogP contribution in [0.5, 0.6) is 0 Å². The molecule has 0 aliphatic rings. The molecule has 8 heteroatoms. The Balaban J connectivity index is 2.30. The number of thiazole rings is 1. The second-order valence-corrected chi connectivity index (χ2v) is 4.19. The summed E-state index contributed by atoms with van der Waals surface area (Å²) in [6.45, 7) is 0.552. The quantitative estimate of drug-likeness (QED) is 0.841. The molecule has 1 N–H and O–H groups in total. The molecule has 0 aliphatic carbocycles. The minimum Gasteiger partial charge on any atom is -0.476 e. The van der Waals surface area contributed by atoms with Crippen molar-refractivity contribution in [3.8, 4) is 0 Å². The van der Waals surface area contributed by atoms with E-state index in [4.69, 9.17) is 9.84 Å². The number of hydrogen-bond acceptors (Lipinski definition) is 6. The van der Waals surface area contributed by atoms with Gasteiger partial charge in [0.15, 0.2) is 5.69 Å². The fourth-order valence-corrected chi connectivity index (χ4v) is 1.96. The third-order valence-electron chi connectivity index (χ3n) is 2.09. The Labute approximate surface area is 101 Å². The number of carboxylic acid groups (broad SMARTS) is 1. The minimum absolute atomic E-state index is 0.0802. The zero-order valence-electron chi connectivity index (χ0n) is 9.03. The average molecular weight is 254 g/mol. The lowest BCUT2D eigenvalue weighted by molar-refractivity contribution is 0.0684. The first-order valence-electron chi connectivity index (χ1n) is 4.75. The largest absolute Gasteiger partial charge is 0.476 e. The Morgan fingerprint density at radius 3 is 3.06 bits per heavy atom. The topological polar surface area (TPSA) is 90.1 Å². The minimum atomic E-state index is -1.11. The number of rotatable bonds is 5. The van der Waals surface area contributed by atoms with Crippen LogP contribution in [0.4, 0.5) is 0 Å². The van der Waals surface area contributed by atoms with Crippen LogP contribution >= 0.6 is 11.3 Å². The van der Waals surface area contributed by atoms with Crippen LogP contribution in [0.3, 0.4) is 0 Å². The van der Waals surface area contributed by atoms with Gasteiger partial charge in [-0.15, -0.1) is 16.4 Å². The fraction of sp³-hybridized carbons (Fsp3) is 0.333. The van der Waals surface area contributed by atoms with Crippen molar-refractivity contribution in [3.63, 3.8) is 0 Å². The van der Waals surface area contributed by atoms with Crippen molar-refractivity contribution in [1.29, 1.82) is 0 Å². The standard InChI is InChI=1S/C9H10N4O3S/c1-16-5-6-8(9(14)15)11-12-13(6)4-7-10-2-3-17-7/h2-3H,4-5H2,1H3,(H,14,15). The maximum absolute atomic E-state index is 10.9. The number of nitrogens with zero attached hydrogens (tertiary/aromatic N) is 4. The normalized spacial score (nSPS) is 10.6. The smallest absolute Gasteiger partial charge is 0.358 e. The van der Waals surface area contributed by atoms with Gasteiger partial charge in [0, 0.05) is 18.7 Å². The number of carbonyl (C=O) groups is 1. The third-order valence-corrected chi connectivity index (χ3v) is 2.85. The van der Waals surface area contributed by atoms with Gasteiger partial charge >= 0.3 is 5.97 Å². The second kappa shape index (κ2) is 5.02. The monoisotopic (exact) mass is 254 g/mol. The lowest BCUT2D eigenvalue weighted by Crippen LogP contribution is -2.10. The maximum Gasteiger partial charge on any atom is 0.358 e. The first-order valence-corrected chi connectivity index (χ1v) is 5.63. The molecule has 0 aliphatic heterocycles. The molecule has 0 saturated heterocycles. The summed E-state index contributed by atoms with van der Waals surface area (Å²) in [5, 5.41) is 19.1. The molecule has 0 amide bonds. The first-order chi connectivity index (χ1) is 8.22. The molecule has 2 rings (SSSR count). The van der Waals surface area contributed by atoms with Crippen LogP contribution in [0.1, 0.15) is 21.2 Å². The maximum atomic E-state index is 10.9. The highest BCUT2D eigenvalue weighted by atomic mass is 32.1. The lowest BCUT2D eigenvalue weighted by Gasteiger charge is -2.03. The summed E-state index contributed by atoms with van der Waals surface area (Å²) in [7, 11) is 1.49. The Bertz CT molecular complexity index is 508. The van der Waals surface area contributed by atoms with Crippen molar-refractivity contribution in [3.05, 3.63) is 28.0 Å². The van der Waals surface area contributed by atoms with Gasteiger partial charge in [0.1, 0.15) is 5.01 Å². The molecule has 0 aromatic carbocycles. The van der Waals surface area contributed by atoms with Crippen molar-refractivity contribution in [2.24, 2.45) is 0 Å². The molecule has 2 heterocycles. The van der Waals surface area contributed by atoms with Gasteiger partial charge in [-0.25, -0.2) is 14.5 Å². The third kappa shape index (κ3) is 2.48. The van der Waals surface area contributed by atoms with Gasteiger partial charge < -0.3 is 9.84 Å². The number of hydrogen-bond donors (Lipinski definition) is 1. The van der Waals surface area contributed by atoms with Crippen LogP contribution in [0, 0.1) is 0 Å². The van der Waals surface area contributed by atoms with E-state index >= 15 is 0 Å². The van der Waals surface area contributed by atoms with Crippen LogP contribution in [-0.4, -0.2) is 38.2 Å². The molecule has 7 nitrogen and oxygen atoms in total. The van der Waals surface area contributed by atoms with Crippen molar-refractivity contribution in [1.82, 2.24) is 20.0 Å². The molecule has 0 saturated carbocycles. The molecule has 0 spiro atoms. The number of ether oxygens (including phenoxy) is 1. The molecular weight excluding hydrogens is 244 g/mol. The molecular formula is C9H10N4O3S. The van der Waals surface area contributed by atoms with E-state index in [-0.39, 0.29) is 12.3 Å². The number of carboxylic acids is 1. The van der Waals surface area contributed by atoms with Gasteiger partial charge in [-0.05, 0) is 0 Å². The highest BCUT2D eigenvalue weighted by Gasteiger charge is 2.19. The van der Waals surface area contributed by atoms with Crippen molar-refractivity contribution < 1.29 is 14.6 Å². The summed E-state index contributed by atoms with van der Waals surface area (Å²) in [6, 6.07) is 0. The van der Waals surface area contributed by atoms with E-state index in [0.717, 1.165) is 5.01 Å². The predicted molar refractivity (Wildman–Crippen MR) is 58.9 cm³/mol. The molecule has 90 valence electrons. The molecule has 0 bridgehead atoms. The Morgan fingerprint density at radius 2 is 2.47 bits per heavy atom. The summed E-state index contributed by atoms with van der Waals surface area (Å²) in [6.07, 6.45) is 1.69. The molecule has 0 atom stereocenters. The Morgan fingerprint density at radius 1 is 1.65 bits per heavy atom. The van der Waals surface area contributed by atoms with E-state index in [1.54, 1.807) is 6.20 Å². The number of methoxy groups -OCH3 is 1. The van der Waals surface area contributed by atoms with E-state index in [9.17, 15) is 4.79 Å². The molecule has 17 heavy (non-hydrogen) atoms. The van der Waals surface area contributed by atoms with Crippen LogP contribution < -0.4 is 0 Å². The van der Waals surface area contributed by atoms with Gasteiger partial charge in [-0.3, -0.25) is 0 Å². The predicted octanol–water partition coefficient (Wildman–Crippen LogP) is 0.627. The van der Waals surface area contributed by atoms with E-state index in [2.05, 4.69) is 15.3 Å². The number of aromatic nitrogens is 4. The summed E-state index contributed by atoms with van der Waals surface area (Å²) in [5.74, 6) is -1.11. The van der Waals surface area contributed by atoms with Gasteiger partial charge in [0.2, 0.25) is 0 Å². The lowest BCUT2D eigenvalue weighted by atomic mass is 10.3. The van der Waals surface area contributed by atoms with Crippen molar-refractivity contribution in [2.45, 2.75) is 13.2 Å². The molecule has 0 unspecified atom stereocenters. The van der Waals surface area contributed by atoms with E-state index in [1.807, 2.05) is 5.38 Å². The molecule has 2 aromatic heterocycles. The van der Waals surface area contributed by atoms with Gasteiger partial charge in [0.05, 0.1) is 18.8 Å².